The van der Waals surface area contributed by atoms with Gasteiger partial charge in [-0.05, 0) is 83.4 Å². The van der Waals surface area contributed by atoms with Crippen LogP contribution in [0, 0.1) is 5.92 Å². The zero-order valence-electron chi connectivity index (χ0n) is 14.8. The van der Waals surface area contributed by atoms with Gasteiger partial charge in [0.1, 0.15) is 4.21 Å². The number of halogens is 1. The Morgan fingerprint density at radius 2 is 1.96 bits per heavy atom. The van der Waals surface area contributed by atoms with Crippen LogP contribution in [0.3, 0.4) is 0 Å². The molecule has 27 heavy (non-hydrogen) atoms. The van der Waals surface area contributed by atoms with E-state index < -0.39 is 10.0 Å². The van der Waals surface area contributed by atoms with Gasteiger partial charge in [0.25, 0.3) is 10.0 Å². The second-order valence-electron chi connectivity index (χ2n) is 7.09. The van der Waals surface area contributed by atoms with Crippen molar-refractivity contribution >= 4 is 48.9 Å². The summed E-state index contributed by atoms with van der Waals surface area (Å²) < 4.78 is 28.2. The van der Waals surface area contributed by atoms with Crippen LogP contribution in [0.4, 0.5) is 5.69 Å². The molecule has 1 unspecified atom stereocenters. The summed E-state index contributed by atoms with van der Waals surface area (Å²) in [6.07, 6.45) is 4.73. The van der Waals surface area contributed by atoms with Gasteiger partial charge in [0.2, 0.25) is 5.91 Å². The topological polar surface area (TPSA) is 66.5 Å². The lowest BCUT2D eigenvalue weighted by molar-refractivity contribution is -0.120. The third-order valence-electron chi connectivity index (χ3n) is 5.26. The minimum absolute atomic E-state index is 0.0970. The summed E-state index contributed by atoms with van der Waals surface area (Å²) in [5.41, 5.74) is 3.48. The smallest absolute Gasteiger partial charge is 0.252 e. The lowest BCUT2D eigenvalue weighted by Crippen LogP contribution is -2.43. The monoisotopic (exact) mass is 468 g/mol. The van der Waals surface area contributed by atoms with Crippen LogP contribution >= 0.6 is 27.3 Å². The maximum atomic E-state index is 12.8. The Hall–Kier alpha value is -1.22. The molecule has 1 atom stereocenters. The van der Waals surface area contributed by atoms with E-state index in [1.807, 2.05) is 6.07 Å². The number of nitrogens with one attached hydrogen (secondary N) is 1. The van der Waals surface area contributed by atoms with E-state index in [0.29, 0.717) is 23.6 Å². The molecule has 1 saturated heterocycles. The highest BCUT2D eigenvalue weighted by Crippen LogP contribution is 2.31. The number of rotatable bonds is 4. The molecule has 1 aliphatic heterocycles. The third kappa shape index (κ3) is 3.99. The van der Waals surface area contributed by atoms with E-state index in [1.165, 1.54) is 33.2 Å². The summed E-state index contributed by atoms with van der Waals surface area (Å²) in [6.45, 7) is 0.690. The number of anilines is 1. The van der Waals surface area contributed by atoms with Gasteiger partial charge in [0.15, 0.2) is 0 Å². The molecule has 1 aliphatic carbocycles. The number of thiophene rings is 1. The van der Waals surface area contributed by atoms with Crippen molar-refractivity contribution in [2.75, 3.05) is 18.4 Å². The Balaban J connectivity index is 1.45. The summed E-state index contributed by atoms with van der Waals surface area (Å²) in [5, 5.41) is 2.99. The fourth-order valence-corrected chi connectivity index (χ4v) is 7.52. The summed E-state index contributed by atoms with van der Waals surface area (Å²) in [6, 6.07) is 9.44. The zero-order chi connectivity index (χ0) is 19.0. The number of sulfonamides is 1. The number of nitrogens with zero attached hydrogens (tertiary/aromatic N) is 1. The van der Waals surface area contributed by atoms with Crippen LogP contribution in [-0.2, 0) is 27.7 Å². The van der Waals surface area contributed by atoms with Crippen molar-refractivity contribution in [1.82, 2.24) is 4.31 Å². The predicted octanol–water partition coefficient (Wildman–Crippen LogP) is 4.04. The third-order valence-corrected chi connectivity index (χ3v) is 9.22. The molecule has 1 aromatic heterocycles. The Kier molecular flexibility index (Phi) is 5.42. The summed E-state index contributed by atoms with van der Waals surface area (Å²) in [4.78, 5) is 12.7. The number of hydrogen-bond donors (Lipinski definition) is 1. The number of amides is 1. The highest BCUT2D eigenvalue weighted by molar-refractivity contribution is 9.11. The largest absolute Gasteiger partial charge is 0.326 e. The summed E-state index contributed by atoms with van der Waals surface area (Å²) in [5.74, 6) is -0.426. The van der Waals surface area contributed by atoms with Gasteiger partial charge >= 0.3 is 0 Å². The Morgan fingerprint density at radius 3 is 2.74 bits per heavy atom. The van der Waals surface area contributed by atoms with Crippen molar-refractivity contribution in [2.24, 2.45) is 5.92 Å². The molecule has 1 fully saturated rings. The van der Waals surface area contributed by atoms with Crippen molar-refractivity contribution in [2.45, 2.75) is 36.3 Å². The van der Waals surface area contributed by atoms with Gasteiger partial charge in [-0.1, -0.05) is 6.07 Å². The van der Waals surface area contributed by atoms with Gasteiger partial charge in [0.05, 0.1) is 9.70 Å². The van der Waals surface area contributed by atoms with E-state index in [9.17, 15) is 13.2 Å². The van der Waals surface area contributed by atoms with E-state index >= 15 is 0 Å². The number of piperidine rings is 1. The fourth-order valence-electron chi connectivity index (χ4n) is 3.83. The normalized spacial score (nSPS) is 20.4. The molecule has 0 bridgehead atoms. The SMILES string of the molecule is O=C(Nc1ccc2c(c1)CCC2)C1CCCN(S(=O)(=O)c2ccc(Br)s2)C1. The molecule has 5 nitrogen and oxygen atoms in total. The first-order chi connectivity index (χ1) is 12.9. The molecule has 0 spiro atoms. The number of benzene rings is 1. The molecular weight excluding hydrogens is 448 g/mol. The van der Waals surface area contributed by atoms with Gasteiger partial charge in [0, 0.05) is 18.8 Å². The molecular formula is C19H21BrN2O3S2. The van der Waals surface area contributed by atoms with Gasteiger partial charge in [-0.3, -0.25) is 4.79 Å². The van der Waals surface area contributed by atoms with Crippen molar-refractivity contribution in [3.63, 3.8) is 0 Å². The first-order valence-corrected chi connectivity index (χ1v) is 12.2. The Morgan fingerprint density at radius 1 is 1.15 bits per heavy atom. The summed E-state index contributed by atoms with van der Waals surface area (Å²) >= 11 is 4.51. The quantitative estimate of drug-likeness (QED) is 0.735. The standard InChI is InChI=1S/C19H21BrN2O3S2/c20-17-8-9-18(26-17)27(24,25)22-10-2-5-15(12-22)19(23)21-16-7-6-13-3-1-4-14(13)11-16/h6-9,11,15H,1-5,10,12H2,(H,21,23). The Labute approximate surface area is 172 Å². The highest BCUT2D eigenvalue weighted by atomic mass is 79.9. The van der Waals surface area contributed by atoms with Crippen LogP contribution in [0.1, 0.15) is 30.4 Å². The predicted molar refractivity (Wildman–Crippen MR) is 111 cm³/mol. The maximum Gasteiger partial charge on any atom is 0.252 e. The molecule has 8 heteroatoms. The molecule has 1 N–H and O–H groups in total. The van der Waals surface area contributed by atoms with Gasteiger partial charge in [-0.25, -0.2) is 8.42 Å². The second kappa shape index (κ2) is 7.66. The van der Waals surface area contributed by atoms with Gasteiger partial charge in [-0.2, -0.15) is 4.31 Å². The van der Waals surface area contributed by atoms with Crippen LogP contribution in [0.15, 0.2) is 38.3 Å². The summed E-state index contributed by atoms with van der Waals surface area (Å²) in [7, 11) is -3.55. The molecule has 0 radical (unpaired) electrons. The first-order valence-electron chi connectivity index (χ1n) is 9.11. The number of carbonyl (C=O) groups is 1. The van der Waals surface area contributed by atoms with Gasteiger partial charge in [-0.15, -0.1) is 11.3 Å². The van der Waals surface area contributed by atoms with Crippen molar-refractivity contribution in [1.29, 1.82) is 0 Å². The Bertz CT molecular complexity index is 971. The lowest BCUT2D eigenvalue weighted by atomic mass is 9.98. The first kappa shape index (κ1) is 19.1. The maximum absolute atomic E-state index is 12.8. The lowest BCUT2D eigenvalue weighted by Gasteiger charge is -2.30. The van der Waals surface area contributed by atoms with E-state index in [-0.39, 0.29) is 18.4 Å². The van der Waals surface area contributed by atoms with Crippen LogP contribution in [0.5, 0.6) is 0 Å². The minimum atomic E-state index is -3.55. The zero-order valence-corrected chi connectivity index (χ0v) is 18.0. The fraction of sp³-hybridized carbons (Fsp3) is 0.421. The van der Waals surface area contributed by atoms with E-state index in [2.05, 4.69) is 33.4 Å². The van der Waals surface area contributed by atoms with Crippen molar-refractivity contribution in [3.8, 4) is 0 Å². The van der Waals surface area contributed by atoms with E-state index in [1.54, 1.807) is 12.1 Å². The number of carbonyl (C=O) groups excluding carboxylic acids is 1. The molecule has 2 heterocycles. The van der Waals surface area contributed by atoms with Crippen LogP contribution in [0.25, 0.3) is 0 Å². The van der Waals surface area contributed by atoms with E-state index in [4.69, 9.17) is 0 Å². The van der Waals surface area contributed by atoms with Crippen LogP contribution < -0.4 is 5.32 Å². The molecule has 0 saturated carbocycles. The second-order valence-corrected chi connectivity index (χ2v) is 11.7. The molecule has 144 valence electrons. The molecule has 2 aromatic rings. The highest BCUT2D eigenvalue weighted by Gasteiger charge is 2.34. The molecule has 1 amide bonds. The molecule has 1 aromatic carbocycles. The van der Waals surface area contributed by atoms with Crippen molar-refractivity contribution < 1.29 is 13.2 Å². The molecule has 2 aliphatic rings. The van der Waals surface area contributed by atoms with Gasteiger partial charge < -0.3 is 5.32 Å². The number of fused-ring (bicyclic) bond motifs is 1. The number of aryl methyl sites for hydroxylation is 2. The van der Waals surface area contributed by atoms with E-state index in [0.717, 1.165) is 22.3 Å². The van der Waals surface area contributed by atoms with Crippen molar-refractivity contribution in [3.05, 3.63) is 45.2 Å². The van der Waals surface area contributed by atoms with Crippen LogP contribution in [0.2, 0.25) is 0 Å². The average Bonchev–Trinajstić information content (AvgIpc) is 3.30. The molecule has 4 rings (SSSR count). The van der Waals surface area contributed by atoms with Crippen LogP contribution in [-0.4, -0.2) is 31.7 Å². The average molecular weight is 469 g/mol. The minimum Gasteiger partial charge on any atom is -0.326 e. The number of hydrogen-bond acceptors (Lipinski definition) is 4.